The van der Waals surface area contributed by atoms with Crippen LogP contribution in [0.2, 0.25) is 0 Å². The van der Waals surface area contributed by atoms with Gasteiger partial charge in [-0.15, -0.1) is 0 Å². The van der Waals surface area contributed by atoms with Crippen LogP contribution in [-0.4, -0.2) is 32.5 Å². The summed E-state index contributed by atoms with van der Waals surface area (Å²) >= 11 is 0. The largest absolute Gasteiger partial charge is 1.00 e. The summed E-state index contributed by atoms with van der Waals surface area (Å²) in [7, 11) is -10.4. The monoisotopic (exact) mass is 404 g/mol. The molecule has 2 aromatic rings. The Labute approximate surface area is 191 Å². The smallest absolute Gasteiger partial charge is 0.744 e. The van der Waals surface area contributed by atoms with E-state index in [2.05, 4.69) is 0 Å². The van der Waals surface area contributed by atoms with Crippen molar-refractivity contribution in [2.75, 3.05) is 6.61 Å². The van der Waals surface area contributed by atoms with Gasteiger partial charge in [-0.25, -0.2) is 16.8 Å². The molecule has 0 aromatic heterocycles. The summed E-state index contributed by atoms with van der Waals surface area (Å²) in [4.78, 5) is -2.18. The van der Waals surface area contributed by atoms with Crippen molar-refractivity contribution in [2.45, 2.75) is 29.6 Å². The minimum absolute atomic E-state index is 0. The van der Waals surface area contributed by atoms with Crippen molar-refractivity contribution in [1.82, 2.24) is 0 Å². The number of hydrogen-bond acceptors (Lipinski definition) is 7. The Morgan fingerprint density at radius 3 is 2.04 bits per heavy atom. The first-order valence-electron chi connectivity index (χ1n) is 6.76. The molecule has 0 unspecified atom stereocenters. The van der Waals surface area contributed by atoms with Crippen LogP contribution in [0.4, 0.5) is 0 Å². The molecular formula is C14H14Na2O7S2. The van der Waals surface area contributed by atoms with Crippen molar-refractivity contribution in [1.29, 1.82) is 0 Å². The van der Waals surface area contributed by atoms with Gasteiger partial charge in [-0.1, -0.05) is 37.6 Å². The van der Waals surface area contributed by atoms with Gasteiger partial charge in [0.25, 0.3) is 0 Å². The molecule has 2 rings (SSSR count). The minimum Gasteiger partial charge on any atom is -0.744 e. The molecule has 0 spiro atoms. The van der Waals surface area contributed by atoms with Crippen LogP contribution in [0.15, 0.2) is 40.1 Å². The Balaban J connectivity index is 0.00000288. The fourth-order valence-electron chi connectivity index (χ4n) is 2.19. The van der Waals surface area contributed by atoms with Crippen molar-refractivity contribution in [3.8, 4) is 5.75 Å². The Hall–Kier alpha value is 0.320. The number of benzene rings is 2. The molecule has 0 saturated heterocycles. The van der Waals surface area contributed by atoms with Crippen LogP contribution in [-0.2, 0) is 20.2 Å². The van der Waals surface area contributed by atoms with Gasteiger partial charge in [-0.05, 0) is 17.9 Å². The molecule has 0 fully saturated rings. The zero-order chi connectivity index (χ0) is 17.3. The molecule has 25 heavy (non-hydrogen) atoms. The van der Waals surface area contributed by atoms with Crippen LogP contribution in [0.5, 0.6) is 5.75 Å². The molecule has 2 aromatic carbocycles. The summed E-state index contributed by atoms with van der Waals surface area (Å²) in [5.41, 5.74) is 0. The predicted octanol–water partition coefficient (Wildman–Crippen LogP) is -4.17. The molecule has 0 radical (unpaired) electrons. The zero-order valence-corrected chi connectivity index (χ0v) is 19.8. The van der Waals surface area contributed by atoms with Gasteiger partial charge in [0.15, 0.2) is 0 Å². The van der Waals surface area contributed by atoms with Gasteiger partial charge in [-0.2, -0.15) is 0 Å². The number of ether oxygens (including phenoxy) is 1. The van der Waals surface area contributed by atoms with Gasteiger partial charge in [0.05, 0.1) is 11.5 Å². The summed E-state index contributed by atoms with van der Waals surface area (Å²) in [5.74, 6) is -0.415. The van der Waals surface area contributed by atoms with E-state index >= 15 is 0 Å². The maximum absolute atomic E-state index is 11.6. The summed E-state index contributed by atoms with van der Waals surface area (Å²) in [6, 6.07) is 7.05. The Morgan fingerprint density at radius 1 is 0.960 bits per heavy atom. The van der Waals surface area contributed by atoms with Crippen molar-refractivity contribution in [3.63, 3.8) is 0 Å². The molecule has 7 nitrogen and oxygen atoms in total. The van der Waals surface area contributed by atoms with Gasteiger partial charge in [0.2, 0.25) is 0 Å². The van der Waals surface area contributed by atoms with Crippen LogP contribution in [0, 0.1) is 0 Å². The van der Waals surface area contributed by atoms with Crippen LogP contribution in [0.25, 0.3) is 10.8 Å². The van der Waals surface area contributed by atoms with Crippen molar-refractivity contribution >= 4 is 31.0 Å². The van der Waals surface area contributed by atoms with Crippen LogP contribution < -0.4 is 63.9 Å². The molecule has 0 aliphatic carbocycles. The Bertz CT molecular complexity index is 941. The fraction of sp³-hybridized carbons (Fsp3) is 0.286. The number of unbranched alkanes of at least 4 members (excludes halogenated alkanes) is 1. The number of fused-ring (bicyclic) bond motifs is 1. The average molecular weight is 404 g/mol. The first-order chi connectivity index (χ1) is 10.7. The zero-order valence-electron chi connectivity index (χ0n) is 14.2. The molecule has 0 saturated carbocycles. The molecule has 0 bridgehead atoms. The van der Waals surface area contributed by atoms with Gasteiger partial charge < -0.3 is 13.8 Å². The van der Waals surface area contributed by atoms with Crippen molar-refractivity contribution in [3.05, 3.63) is 30.3 Å². The molecule has 0 aliphatic rings. The van der Waals surface area contributed by atoms with E-state index < -0.39 is 35.8 Å². The molecule has 0 amide bonds. The third-order valence-corrected chi connectivity index (χ3v) is 5.14. The second kappa shape index (κ2) is 10.0. The van der Waals surface area contributed by atoms with E-state index in [-0.39, 0.29) is 71.1 Å². The third kappa shape index (κ3) is 6.17. The summed E-state index contributed by atoms with van der Waals surface area (Å²) in [6.45, 7) is 1.97. The average Bonchev–Trinajstić information content (AvgIpc) is 2.44. The predicted molar refractivity (Wildman–Crippen MR) is 80.3 cm³/mol. The van der Waals surface area contributed by atoms with Gasteiger partial charge >= 0.3 is 59.1 Å². The van der Waals surface area contributed by atoms with Gasteiger partial charge in [0.1, 0.15) is 30.9 Å². The second-order valence-corrected chi connectivity index (χ2v) is 7.50. The number of rotatable bonds is 6. The summed E-state index contributed by atoms with van der Waals surface area (Å²) < 4.78 is 74.7. The maximum atomic E-state index is 11.6. The molecule has 0 heterocycles. The second-order valence-electron chi connectivity index (χ2n) is 4.86. The molecule has 0 atom stereocenters. The Kier molecular flexibility index (Phi) is 10.2. The molecule has 0 N–H and O–H groups in total. The topological polar surface area (TPSA) is 124 Å². The quantitative estimate of drug-likeness (QED) is 0.272. The van der Waals surface area contributed by atoms with E-state index in [9.17, 15) is 25.9 Å². The summed E-state index contributed by atoms with van der Waals surface area (Å²) in [6.07, 6.45) is 1.32. The minimum atomic E-state index is -5.23. The van der Waals surface area contributed by atoms with Crippen LogP contribution in [0.3, 0.4) is 0 Å². The van der Waals surface area contributed by atoms with Crippen LogP contribution in [0.1, 0.15) is 19.8 Å². The third-order valence-electron chi connectivity index (χ3n) is 3.18. The fourth-order valence-corrected chi connectivity index (χ4v) is 4.29. The standard InChI is InChI=1S/C14H16O7S2.2Na/c1-2-3-8-21-12-9-10-6-4-5-7-11(10)13(22(15,16)17)14(12)23(18,19)20;;/h4-7,9H,2-3,8H2,1H3,(H,15,16,17)(H,18,19,20);;/q;2*+1/p-2. The van der Waals surface area contributed by atoms with E-state index in [0.717, 1.165) is 6.42 Å². The van der Waals surface area contributed by atoms with Crippen LogP contribution >= 0.6 is 0 Å². The van der Waals surface area contributed by atoms with Crippen molar-refractivity contribution in [2.24, 2.45) is 0 Å². The number of hydrogen-bond donors (Lipinski definition) is 0. The molecular weight excluding hydrogens is 390 g/mol. The van der Waals surface area contributed by atoms with E-state index in [4.69, 9.17) is 4.74 Å². The normalized spacial score (nSPS) is 11.5. The van der Waals surface area contributed by atoms with Gasteiger partial charge in [-0.3, -0.25) is 0 Å². The molecule has 11 heteroatoms. The molecule has 0 aliphatic heterocycles. The first kappa shape index (κ1) is 25.3. The maximum Gasteiger partial charge on any atom is 1.00 e. The van der Waals surface area contributed by atoms with E-state index in [1.807, 2.05) is 6.92 Å². The van der Waals surface area contributed by atoms with E-state index in [1.165, 1.54) is 24.3 Å². The van der Waals surface area contributed by atoms with Gasteiger partial charge in [0, 0.05) is 5.39 Å². The SMILES string of the molecule is CCCCOc1cc2ccccc2c(S(=O)(=O)[O-])c1S(=O)(=O)[O-].[Na+].[Na+]. The van der Waals surface area contributed by atoms with Crippen molar-refractivity contribution < 1.29 is 89.8 Å². The molecule has 126 valence electrons. The van der Waals surface area contributed by atoms with E-state index in [1.54, 1.807) is 6.07 Å². The Morgan fingerprint density at radius 2 is 1.52 bits per heavy atom. The first-order valence-corrected chi connectivity index (χ1v) is 9.58. The van der Waals surface area contributed by atoms with E-state index in [0.29, 0.717) is 11.8 Å². The summed E-state index contributed by atoms with van der Waals surface area (Å²) in [5, 5.41) is 0.167.